The zero-order chi connectivity index (χ0) is 14.7. The van der Waals surface area contributed by atoms with E-state index in [0.717, 1.165) is 10.6 Å². The van der Waals surface area contributed by atoms with Crippen LogP contribution in [-0.4, -0.2) is 14.5 Å². The molecule has 2 aromatic rings. The molecule has 2 rings (SSSR count). The van der Waals surface area contributed by atoms with Crippen LogP contribution in [0.25, 0.3) is 0 Å². The van der Waals surface area contributed by atoms with Crippen LogP contribution in [0.1, 0.15) is 5.69 Å². The maximum absolute atomic E-state index is 11.9. The topological polar surface area (TPSA) is 116 Å². The molecule has 0 unspecified atom stereocenters. The molecule has 0 aliphatic heterocycles. The van der Waals surface area contributed by atoms with Crippen molar-refractivity contribution in [3.8, 4) is 0 Å². The molecule has 0 amide bonds. The summed E-state index contributed by atoms with van der Waals surface area (Å²) in [4.78, 5) is 26.0. The van der Waals surface area contributed by atoms with Gasteiger partial charge in [0.2, 0.25) is 0 Å². The van der Waals surface area contributed by atoms with Gasteiger partial charge in [-0.3, -0.25) is 14.9 Å². The Morgan fingerprint density at radius 1 is 1.45 bits per heavy atom. The number of rotatable bonds is 4. The van der Waals surface area contributed by atoms with Crippen LogP contribution in [0.3, 0.4) is 0 Å². The van der Waals surface area contributed by atoms with Gasteiger partial charge in [-0.05, 0) is 18.2 Å². The van der Waals surface area contributed by atoms with Crippen molar-refractivity contribution in [3.05, 3.63) is 61.6 Å². The van der Waals surface area contributed by atoms with Gasteiger partial charge >= 0.3 is 11.2 Å². The summed E-state index contributed by atoms with van der Waals surface area (Å²) < 4.78 is 1.16. The van der Waals surface area contributed by atoms with Gasteiger partial charge < -0.3 is 9.99 Å². The van der Waals surface area contributed by atoms with Gasteiger partial charge in [0.05, 0.1) is 22.2 Å². The molecule has 2 heterocycles. The minimum absolute atomic E-state index is 0.00880. The van der Waals surface area contributed by atoms with E-state index in [4.69, 9.17) is 17.4 Å². The molecule has 9 heteroatoms. The van der Waals surface area contributed by atoms with E-state index in [-0.39, 0.29) is 6.54 Å². The van der Waals surface area contributed by atoms with Gasteiger partial charge in [-0.25, -0.2) is 10.8 Å². The van der Waals surface area contributed by atoms with Gasteiger partial charge in [0.25, 0.3) is 0 Å². The van der Waals surface area contributed by atoms with Crippen molar-refractivity contribution < 1.29 is 4.92 Å². The molecule has 2 aromatic heterocycles. The maximum Gasteiger partial charge on any atom is 0.334 e. The van der Waals surface area contributed by atoms with Crippen molar-refractivity contribution in [1.82, 2.24) is 9.55 Å². The summed E-state index contributed by atoms with van der Waals surface area (Å²) in [6.07, 6.45) is 1.43. The molecule has 104 valence electrons. The number of pyridine rings is 2. The van der Waals surface area contributed by atoms with Crippen LogP contribution in [0.4, 0.5) is 11.5 Å². The van der Waals surface area contributed by atoms with Crippen molar-refractivity contribution in [3.63, 3.8) is 0 Å². The molecular weight excluding hydrogens is 286 g/mol. The summed E-state index contributed by atoms with van der Waals surface area (Å²) in [6, 6.07) is 5.70. The normalized spacial score (nSPS) is 10.3. The third-order valence-electron chi connectivity index (χ3n) is 2.58. The Labute approximate surface area is 117 Å². The molecule has 0 saturated heterocycles. The SMILES string of the molecule is NNc1ccc(Cl)c(Cn2cccc([N+](=O)[O-])c2=O)n1. The first-order valence-electron chi connectivity index (χ1n) is 5.49. The zero-order valence-corrected chi connectivity index (χ0v) is 10.9. The summed E-state index contributed by atoms with van der Waals surface area (Å²) in [5, 5.41) is 11.1. The Morgan fingerprint density at radius 2 is 2.20 bits per heavy atom. The lowest BCUT2D eigenvalue weighted by Gasteiger charge is -2.08. The van der Waals surface area contributed by atoms with Crippen molar-refractivity contribution in [2.75, 3.05) is 5.43 Å². The molecule has 0 fully saturated rings. The van der Waals surface area contributed by atoms with Crippen molar-refractivity contribution >= 4 is 23.1 Å². The molecule has 0 bridgehead atoms. The van der Waals surface area contributed by atoms with Gasteiger partial charge in [-0.15, -0.1) is 0 Å². The van der Waals surface area contributed by atoms with Crippen LogP contribution in [0.5, 0.6) is 0 Å². The van der Waals surface area contributed by atoms with Crippen LogP contribution in [0.15, 0.2) is 35.3 Å². The molecule has 20 heavy (non-hydrogen) atoms. The van der Waals surface area contributed by atoms with E-state index in [1.165, 1.54) is 12.3 Å². The molecule has 0 aliphatic carbocycles. The van der Waals surface area contributed by atoms with Crippen molar-refractivity contribution in [1.29, 1.82) is 0 Å². The monoisotopic (exact) mass is 295 g/mol. The fourth-order valence-electron chi connectivity index (χ4n) is 1.62. The van der Waals surface area contributed by atoms with E-state index >= 15 is 0 Å². The summed E-state index contributed by atoms with van der Waals surface area (Å²) >= 11 is 5.98. The maximum atomic E-state index is 11.9. The number of hydrazine groups is 1. The molecule has 0 saturated carbocycles. The summed E-state index contributed by atoms with van der Waals surface area (Å²) in [5.41, 5.74) is 1.51. The smallest absolute Gasteiger partial charge is 0.308 e. The fourth-order valence-corrected chi connectivity index (χ4v) is 1.79. The first kappa shape index (κ1) is 14.0. The van der Waals surface area contributed by atoms with E-state index in [0.29, 0.717) is 16.5 Å². The largest absolute Gasteiger partial charge is 0.334 e. The molecular formula is C11H10ClN5O3. The highest BCUT2D eigenvalue weighted by molar-refractivity contribution is 6.31. The minimum Gasteiger partial charge on any atom is -0.308 e. The molecule has 0 aliphatic rings. The lowest BCUT2D eigenvalue weighted by molar-refractivity contribution is -0.386. The first-order chi connectivity index (χ1) is 9.52. The average Bonchev–Trinajstić information content (AvgIpc) is 2.43. The summed E-state index contributed by atoms with van der Waals surface area (Å²) in [7, 11) is 0. The first-order valence-corrected chi connectivity index (χ1v) is 5.86. The lowest BCUT2D eigenvalue weighted by atomic mass is 10.3. The predicted octanol–water partition coefficient (Wildman–Crippen LogP) is 1.14. The van der Waals surface area contributed by atoms with E-state index in [1.54, 1.807) is 12.1 Å². The van der Waals surface area contributed by atoms with E-state index in [1.807, 2.05) is 0 Å². The number of nitrogen functional groups attached to an aromatic ring is 1. The Hall–Kier alpha value is -2.45. The van der Waals surface area contributed by atoms with Crippen LogP contribution < -0.4 is 16.8 Å². The Balaban J connectivity index is 2.43. The highest BCUT2D eigenvalue weighted by Gasteiger charge is 2.14. The quantitative estimate of drug-likeness (QED) is 0.496. The Morgan fingerprint density at radius 3 is 2.85 bits per heavy atom. The molecule has 0 aromatic carbocycles. The molecule has 3 N–H and O–H groups in total. The fraction of sp³-hybridized carbons (Fsp3) is 0.0909. The number of nitrogens with one attached hydrogen (secondary N) is 1. The van der Waals surface area contributed by atoms with Gasteiger partial charge in [0, 0.05) is 12.3 Å². The van der Waals surface area contributed by atoms with E-state index < -0.39 is 16.2 Å². The van der Waals surface area contributed by atoms with Gasteiger partial charge in [-0.1, -0.05) is 11.6 Å². The number of nitrogens with two attached hydrogens (primary N) is 1. The van der Waals surface area contributed by atoms with Gasteiger partial charge in [0.15, 0.2) is 0 Å². The number of hydrogen-bond donors (Lipinski definition) is 2. The highest BCUT2D eigenvalue weighted by atomic mass is 35.5. The number of nitrogens with zero attached hydrogens (tertiary/aromatic N) is 3. The van der Waals surface area contributed by atoms with Crippen LogP contribution in [0, 0.1) is 10.1 Å². The second-order valence-electron chi connectivity index (χ2n) is 3.85. The van der Waals surface area contributed by atoms with Gasteiger partial charge in [-0.2, -0.15) is 0 Å². The van der Waals surface area contributed by atoms with E-state index in [9.17, 15) is 14.9 Å². The average molecular weight is 296 g/mol. The summed E-state index contributed by atoms with van der Waals surface area (Å²) in [6.45, 7) is 0.00880. The molecule has 8 nitrogen and oxygen atoms in total. The molecule has 0 radical (unpaired) electrons. The third kappa shape index (κ3) is 2.76. The molecule has 0 atom stereocenters. The molecule has 0 spiro atoms. The highest BCUT2D eigenvalue weighted by Crippen LogP contribution is 2.17. The second kappa shape index (κ2) is 5.68. The predicted molar refractivity (Wildman–Crippen MR) is 73.5 cm³/mol. The van der Waals surface area contributed by atoms with Crippen LogP contribution in [-0.2, 0) is 6.54 Å². The third-order valence-corrected chi connectivity index (χ3v) is 2.93. The lowest BCUT2D eigenvalue weighted by Crippen LogP contribution is -2.23. The number of halogens is 1. The number of aromatic nitrogens is 2. The van der Waals surface area contributed by atoms with Gasteiger partial charge in [0.1, 0.15) is 5.82 Å². The Bertz CT molecular complexity index is 715. The van der Waals surface area contributed by atoms with Crippen molar-refractivity contribution in [2.24, 2.45) is 5.84 Å². The minimum atomic E-state index is -0.730. The second-order valence-corrected chi connectivity index (χ2v) is 4.26. The summed E-state index contributed by atoms with van der Waals surface area (Å²) in [5.74, 6) is 5.62. The van der Waals surface area contributed by atoms with Crippen molar-refractivity contribution in [2.45, 2.75) is 6.54 Å². The van der Waals surface area contributed by atoms with E-state index in [2.05, 4.69) is 10.4 Å². The number of nitro groups is 1. The van der Waals surface area contributed by atoms with Crippen LogP contribution in [0.2, 0.25) is 5.02 Å². The Kier molecular flexibility index (Phi) is 3.97. The van der Waals surface area contributed by atoms with Crippen LogP contribution >= 0.6 is 11.6 Å². The number of anilines is 1. The zero-order valence-electron chi connectivity index (χ0n) is 10.1. The standard InChI is InChI=1S/C11H10ClN5O3/c12-7-3-4-10(15-13)14-8(7)6-16-5-1-2-9(11(16)18)17(19)20/h1-5H,6,13H2,(H,14,15). The number of hydrogen-bond acceptors (Lipinski definition) is 6.